The Balaban J connectivity index is 2.08. The first kappa shape index (κ1) is 11.0. The van der Waals surface area contributed by atoms with Crippen molar-refractivity contribution in [2.24, 2.45) is 5.73 Å². The highest BCUT2D eigenvalue weighted by Crippen LogP contribution is 2.17. The van der Waals surface area contributed by atoms with E-state index in [4.69, 9.17) is 5.73 Å². The number of benzene rings is 1. The molecule has 5 heteroatoms. The summed E-state index contributed by atoms with van der Waals surface area (Å²) in [7, 11) is 0. The Hall–Kier alpha value is -1.46. The summed E-state index contributed by atoms with van der Waals surface area (Å²) in [5, 5.41) is 19.4. The standard InChI is InChI=1S/C11H13N3OS/c12-5-4-10-13-14-11(16-10)7-8-2-1-3-9(15)6-8/h1-3,6,15H,4-5,7,12H2. The van der Waals surface area contributed by atoms with Crippen LogP contribution in [-0.4, -0.2) is 21.8 Å². The molecule has 16 heavy (non-hydrogen) atoms. The molecule has 0 atom stereocenters. The van der Waals surface area contributed by atoms with Crippen LogP contribution in [0.25, 0.3) is 0 Å². The monoisotopic (exact) mass is 235 g/mol. The van der Waals surface area contributed by atoms with E-state index in [-0.39, 0.29) is 5.75 Å². The van der Waals surface area contributed by atoms with Gasteiger partial charge < -0.3 is 10.8 Å². The third kappa shape index (κ3) is 2.77. The predicted molar refractivity (Wildman–Crippen MR) is 63.6 cm³/mol. The first-order valence-electron chi connectivity index (χ1n) is 5.07. The van der Waals surface area contributed by atoms with Crippen LogP contribution in [0.4, 0.5) is 0 Å². The summed E-state index contributed by atoms with van der Waals surface area (Å²) >= 11 is 1.57. The third-order valence-electron chi connectivity index (χ3n) is 2.13. The summed E-state index contributed by atoms with van der Waals surface area (Å²) in [6, 6.07) is 7.18. The van der Waals surface area contributed by atoms with Crippen LogP contribution in [0, 0.1) is 0 Å². The van der Waals surface area contributed by atoms with Crippen molar-refractivity contribution in [1.29, 1.82) is 0 Å². The number of phenolic OH excluding ortho intramolecular Hbond substituents is 1. The van der Waals surface area contributed by atoms with E-state index in [2.05, 4.69) is 10.2 Å². The molecule has 1 aromatic heterocycles. The van der Waals surface area contributed by atoms with E-state index in [0.717, 1.165) is 22.0 Å². The topological polar surface area (TPSA) is 72.0 Å². The third-order valence-corrected chi connectivity index (χ3v) is 3.12. The maximum absolute atomic E-state index is 9.33. The normalized spacial score (nSPS) is 10.6. The molecule has 0 aliphatic carbocycles. The zero-order chi connectivity index (χ0) is 11.4. The highest BCUT2D eigenvalue weighted by molar-refractivity contribution is 7.11. The van der Waals surface area contributed by atoms with Crippen molar-refractivity contribution in [3.63, 3.8) is 0 Å². The highest BCUT2D eigenvalue weighted by Gasteiger charge is 2.04. The van der Waals surface area contributed by atoms with Gasteiger partial charge in [-0.1, -0.05) is 12.1 Å². The smallest absolute Gasteiger partial charge is 0.121 e. The lowest BCUT2D eigenvalue weighted by molar-refractivity contribution is 0.474. The molecule has 0 bridgehead atoms. The van der Waals surface area contributed by atoms with Gasteiger partial charge in [-0.15, -0.1) is 21.5 Å². The van der Waals surface area contributed by atoms with Crippen molar-refractivity contribution in [2.45, 2.75) is 12.8 Å². The lowest BCUT2D eigenvalue weighted by atomic mass is 10.1. The molecule has 0 radical (unpaired) electrons. The second-order valence-corrected chi connectivity index (χ2v) is 4.62. The maximum Gasteiger partial charge on any atom is 0.121 e. The summed E-state index contributed by atoms with van der Waals surface area (Å²) in [6.45, 7) is 0.598. The molecule has 0 aliphatic heterocycles. The van der Waals surface area contributed by atoms with Crippen molar-refractivity contribution >= 4 is 11.3 Å². The Morgan fingerprint density at radius 1 is 1.25 bits per heavy atom. The molecule has 0 saturated carbocycles. The largest absolute Gasteiger partial charge is 0.508 e. The van der Waals surface area contributed by atoms with Crippen LogP contribution in [0.5, 0.6) is 5.75 Å². The first-order valence-corrected chi connectivity index (χ1v) is 5.89. The van der Waals surface area contributed by atoms with Gasteiger partial charge in [-0.2, -0.15) is 0 Å². The zero-order valence-corrected chi connectivity index (χ0v) is 9.57. The van der Waals surface area contributed by atoms with Crippen LogP contribution in [0.1, 0.15) is 15.6 Å². The quantitative estimate of drug-likeness (QED) is 0.838. The lowest BCUT2D eigenvalue weighted by Gasteiger charge is -1.97. The second kappa shape index (κ2) is 5.05. The van der Waals surface area contributed by atoms with Gasteiger partial charge in [0.25, 0.3) is 0 Å². The summed E-state index contributed by atoms with van der Waals surface area (Å²) < 4.78 is 0. The van der Waals surface area contributed by atoms with Gasteiger partial charge in [-0.05, 0) is 24.2 Å². The molecular weight excluding hydrogens is 222 g/mol. The van der Waals surface area contributed by atoms with Crippen molar-refractivity contribution < 1.29 is 5.11 Å². The molecule has 0 amide bonds. The zero-order valence-electron chi connectivity index (χ0n) is 8.76. The van der Waals surface area contributed by atoms with E-state index < -0.39 is 0 Å². The lowest BCUT2D eigenvalue weighted by Crippen LogP contribution is -2.01. The van der Waals surface area contributed by atoms with Gasteiger partial charge in [0.2, 0.25) is 0 Å². The van der Waals surface area contributed by atoms with Crippen molar-refractivity contribution in [1.82, 2.24) is 10.2 Å². The number of hydrogen-bond donors (Lipinski definition) is 2. The number of nitrogens with two attached hydrogens (primary N) is 1. The summed E-state index contributed by atoms with van der Waals surface area (Å²) in [4.78, 5) is 0. The Bertz CT molecular complexity index is 470. The van der Waals surface area contributed by atoms with Gasteiger partial charge in [0.1, 0.15) is 15.8 Å². The Kier molecular flexibility index (Phi) is 3.48. The van der Waals surface area contributed by atoms with Gasteiger partial charge in [0, 0.05) is 12.8 Å². The van der Waals surface area contributed by atoms with E-state index in [0.29, 0.717) is 13.0 Å². The fraction of sp³-hybridized carbons (Fsp3) is 0.273. The van der Waals surface area contributed by atoms with Crippen LogP contribution in [0.3, 0.4) is 0 Å². The van der Waals surface area contributed by atoms with Crippen LogP contribution in [0.15, 0.2) is 24.3 Å². The molecule has 4 nitrogen and oxygen atoms in total. The van der Waals surface area contributed by atoms with Crippen LogP contribution in [-0.2, 0) is 12.8 Å². The minimum Gasteiger partial charge on any atom is -0.508 e. The average molecular weight is 235 g/mol. The SMILES string of the molecule is NCCc1nnc(Cc2cccc(O)c2)s1. The minimum atomic E-state index is 0.282. The summed E-state index contributed by atoms with van der Waals surface area (Å²) in [6.07, 6.45) is 1.48. The molecule has 2 rings (SSSR count). The van der Waals surface area contributed by atoms with Gasteiger partial charge in [-0.3, -0.25) is 0 Å². The second-order valence-electron chi connectivity index (χ2n) is 3.47. The Morgan fingerprint density at radius 2 is 2.06 bits per heavy atom. The molecule has 3 N–H and O–H groups in total. The molecule has 84 valence electrons. The summed E-state index contributed by atoms with van der Waals surface area (Å²) in [5.74, 6) is 0.282. The predicted octanol–water partition coefficient (Wildman–Crippen LogP) is 1.34. The highest BCUT2D eigenvalue weighted by atomic mass is 32.1. The molecule has 2 aromatic rings. The number of phenols is 1. The number of nitrogens with zero attached hydrogens (tertiary/aromatic N) is 2. The van der Waals surface area contributed by atoms with E-state index in [1.165, 1.54) is 0 Å². The summed E-state index contributed by atoms with van der Waals surface area (Å²) in [5.41, 5.74) is 6.49. The Labute approximate surface area is 97.8 Å². The molecule has 1 heterocycles. The molecular formula is C11H13N3OS. The van der Waals surface area contributed by atoms with Crippen molar-refractivity contribution in [3.8, 4) is 5.75 Å². The van der Waals surface area contributed by atoms with Crippen LogP contribution in [0.2, 0.25) is 0 Å². The maximum atomic E-state index is 9.33. The van der Waals surface area contributed by atoms with Crippen LogP contribution < -0.4 is 5.73 Å². The fourth-order valence-corrected chi connectivity index (χ4v) is 2.32. The number of hydrogen-bond acceptors (Lipinski definition) is 5. The molecule has 0 unspecified atom stereocenters. The molecule has 0 aliphatic rings. The van der Waals surface area contributed by atoms with Gasteiger partial charge in [-0.25, -0.2) is 0 Å². The average Bonchev–Trinajstić information content (AvgIpc) is 2.66. The van der Waals surface area contributed by atoms with Gasteiger partial charge in [0.05, 0.1) is 0 Å². The van der Waals surface area contributed by atoms with Gasteiger partial charge in [0.15, 0.2) is 0 Å². The van der Waals surface area contributed by atoms with Gasteiger partial charge >= 0.3 is 0 Å². The molecule has 0 saturated heterocycles. The van der Waals surface area contributed by atoms with Crippen molar-refractivity contribution in [2.75, 3.05) is 6.54 Å². The van der Waals surface area contributed by atoms with E-state index in [9.17, 15) is 5.11 Å². The first-order chi connectivity index (χ1) is 7.78. The fourth-order valence-electron chi connectivity index (χ4n) is 1.43. The molecule has 0 fully saturated rings. The molecule has 0 spiro atoms. The number of aromatic nitrogens is 2. The van der Waals surface area contributed by atoms with E-state index >= 15 is 0 Å². The van der Waals surface area contributed by atoms with E-state index in [1.54, 1.807) is 23.5 Å². The number of aromatic hydroxyl groups is 1. The van der Waals surface area contributed by atoms with Crippen LogP contribution >= 0.6 is 11.3 Å². The minimum absolute atomic E-state index is 0.282. The number of rotatable bonds is 4. The van der Waals surface area contributed by atoms with Crippen molar-refractivity contribution in [3.05, 3.63) is 39.8 Å². The van der Waals surface area contributed by atoms with E-state index in [1.807, 2.05) is 12.1 Å². The molecule has 1 aromatic carbocycles. The Morgan fingerprint density at radius 3 is 2.81 bits per heavy atom.